The van der Waals surface area contributed by atoms with Gasteiger partial charge in [0.1, 0.15) is 6.61 Å². The fourth-order valence-electron chi connectivity index (χ4n) is 2.25. The number of anilines is 1. The van der Waals surface area contributed by atoms with Crippen LogP contribution in [0.5, 0.6) is 11.5 Å². The Balaban J connectivity index is 1.51. The maximum Gasteiger partial charge on any atom is 0.319 e. The fraction of sp³-hybridized carbons (Fsp3) is 0.235. The van der Waals surface area contributed by atoms with Gasteiger partial charge >= 0.3 is 6.03 Å². The molecule has 3 rings (SSSR count). The van der Waals surface area contributed by atoms with Crippen LogP contribution in [0.25, 0.3) is 0 Å². The highest BCUT2D eigenvalue weighted by Gasteiger charge is 2.20. The quantitative estimate of drug-likeness (QED) is 0.916. The molecule has 2 N–H and O–H groups in total. The van der Waals surface area contributed by atoms with Crippen LogP contribution in [0.3, 0.4) is 0 Å². The number of carbonyl (C=O) groups excluding carboxylic acids is 1. The van der Waals surface area contributed by atoms with Crippen molar-refractivity contribution in [2.75, 3.05) is 18.5 Å². The zero-order chi connectivity index (χ0) is 15.4. The van der Waals surface area contributed by atoms with Crippen molar-refractivity contribution >= 4 is 11.7 Å². The molecule has 2 amide bonds. The number of ether oxygens (including phenoxy) is 2. The lowest BCUT2D eigenvalue weighted by Gasteiger charge is -2.26. The lowest BCUT2D eigenvalue weighted by Crippen LogP contribution is -2.42. The van der Waals surface area contributed by atoms with Gasteiger partial charge in [0, 0.05) is 5.69 Å². The van der Waals surface area contributed by atoms with Gasteiger partial charge in [-0.15, -0.1) is 0 Å². The summed E-state index contributed by atoms with van der Waals surface area (Å²) in [7, 11) is 0. The van der Waals surface area contributed by atoms with Crippen molar-refractivity contribution in [1.82, 2.24) is 5.32 Å². The first-order chi connectivity index (χ1) is 10.7. The van der Waals surface area contributed by atoms with E-state index in [9.17, 15) is 4.79 Å². The van der Waals surface area contributed by atoms with Crippen LogP contribution in [0.15, 0.2) is 48.5 Å². The maximum absolute atomic E-state index is 11.9. The van der Waals surface area contributed by atoms with Crippen LogP contribution in [0.2, 0.25) is 0 Å². The molecule has 5 heteroatoms. The van der Waals surface area contributed by atoms with Crippen LogP contribution in [0, 0.1) is 6.92 Å². The van der Waals surface area contributed by atoms with Gasteiger partial charge in [-0.3, -0.25) is 0 Å². The Morgan fingerprint density at radius 1 is 1.14 bits per heavy atom. The Bertz CT molecular complexity index is 672. The minimum Gasteiger partial charge on any atom is -0.486 e. The summed E-state index contributed by atoms with van der Waals surface area (Å²) in [6, 6.07) is 14.9. The molecule has 1 unspecified atom stereocenters. The second-order valence-electron chi connectivity index (χ2n) is 5.15. The molecule has 114 valence electrons. The number of amides is 2. The van der Waals surface area contributed by atoms with E-state index < -0.39 is 0 Å². The van der Waals surface area contributed by atoms with Crippen molar-refractivity contribution in [3.63, 3.8) is 0 Å². The molecule has 0 saturated heterocycles. The largest absolute Gasteiger partial charge is 0.486 e. The summed E-state index contributed by atoms with van der Waals surface area (Å²) < 4.78 is 11.4. The average molecular weight is 298 g/mol. The van der Waals surface area contributed by atoms with Gasteiger partial charge in [0.2, 0.25) is 0 Å². The van der Waals surface area contributed by atoms with Crippen LogP contribution in [-0.4, -0.2) is 25.3 Å². The highest BCUT2D eigenvalue weighted by atomic mass is 16.6. The number of urea groups is 1. The van der Waals surface area contributed by atoms with Gasteiger partial charge in [0.15, 0.2) is 17.6 Å². The Hall–Kier alpha value is -2.69. The van der Waals surface area contributed by atoms with E-state index in [2.05, 4.69) is 10.6 Å². The average Bonchev–Trinajstić information content (AvgIpc) is 2.55. The van der Waals surface area contributed by atoms with Gasteiger partial charge in [-0.2, -0.15) is 0 Å². The number of fused-ring (bicyclic) bond motifs is 1. The zero-order valence-electron chi connectivity index (χ0n) is 12.3. The first-order valence-corrected chi connectivity index (χ1v) is 7.21. The minimum absolute atomic E-state index is 0.197. The molecule has 22 heavy (non-hydrogen) atoms. The number of para-hydroxylation sites is 3. The van der Waals surface area contributed by atoms with E-state index in [1.165, 1.54) is 0 Å². The topological polar surface area (TPSA) is 59.6 Å². The molecule has 0 spiro atoms. The molecule has 1 heterocycles. The Kier molecular flexibility index (Phi) is 4.14. The molecule has 1 aliphatic heterocycles. The Morgan fingerprint density at radius 3 is 2.68 bits per heavy atom. The van der Waals surface area contributed by atoms with E-state index in [1.807, 2.05) is 55.5 Å². The number of benzene rings is 2. The van der Waals surface area contributed by atoms with E-state index in [0.717, 1.165) is 17.0 Å². The Morgan fingerprint density at radius 2 is 1.86 bits per heavy atom. The SMILES string of the molecule is Cc1ccccc1NC(=O)NCC1COc2ccccc2O1. The Labute approximate surface area is 129 Å². The lowest BCUT2D eigenvalue weighted by atomic mass is 10.2. The smallest absolute Gasteiger partial charge is 0.319 e. The molecule has 1 aliphatic rings. The molecule has 0 fully saturated rings. The van der Waals surface area contributed by atoms with Crippen LogP contribution >= 0.6 is 0 Å². The third-order valence-electron chi connectivity index (χ3n) is 3.45. The van der Waals surface area contributed by atoms with Crippen molar-refractivity contribution in [1.29, 1.82) is 0 Å². The lowest BCUT2D eigenvalue weighted by molar-refractivity contribution is 0.0922. The summed E-state index contributed by atoms with van der Waals surface area (Å²) in [6.07, 6.45) is -0.197. The van der Waals surface area contributed by atoms with E-state index in [-0.39, 0.29) is 12.1 Å². The van der Waals surface area contributed by atoms with Gasteiger partial charge < -0.3 is 20.1 Å². The molecule has 0 aliphatic carbocycles. The number of hydrogen-bond acceptors (Lipinski definition) is 3. The molecule has 2 aromatic carbocycles. The van der Waals surface area contributed by atoms with Gasteiger partial charge in [0.25, 0.3) is 0 Å². The van der Waals surface area contributed by atoms with Gasteiger partial charge in [-0.05, 0) is 30.7 Å². The third kappa shape index (κ3) is 3.31. The monoisotopic (exact) mass is 298 g/mol. The second kappa shape index (κ2) is 6.39. The predicted octanol–water partition coefficient (Wildman–Crippen LogP) is 2.96. The predicted molar refractivity (Wildman–Crippen MR) is 84.6 cm³/mol. The second-order valence-corrected chi connectivity index (χ2v) is 5.15. The van der Waals surface area contributed by atoms with E-state index in [4.69, 9.17) is 9.47 Å². The van der Waals surface area contributed by atoms with Gasteiger partial charge in [-0.1, -0.05) is 30.3 Å². The summed E-state index contributed by atoms with van der Waals surface area (Å²) in [5.74, 6) is 1.45. The molecular formula is C17H18N2O3. The molecule has 0 aromatic heterocycles. The van der Waals surface area contributed by atoms with Crippen molar-refractivity contribution in [2.24, 2.45) is 0 Å². The van der Waals surface area contributed by atoms with Crippen LogP contribution in [0.4, 0.5) is 10.5 Å². The number of hydrogen-bond donors (Lipinski definition) is 2. The van der Waals surface area contributed by atoms with Crippen LogP contribution < -0.4 is 20.1 Å². The molecule has 0 saturated carbocycles. The first kappa shape index (κ1) is 14.3. The van der Waals surface area contributed by atoms with Crippen LogP contribution in [0.1, 0.15) is 5.56 Å². The van der Waals surface area contributed by atoms with Gasteiger partial charge in [-0.25, -0.2) is 4.79 Å². The minimum atomic E-state index is -0.253. The normalized spacial score (nSPS) is 16.0. The van der Waals surface area contributed by atoms with E-state index >= 15 is 0 Å². The zero-order valence-corrected chi connectivity index (χ0v) is 12.3. The summed E-state index contributed by atoms with van der Waals surface area (Å²) in [5, 5.41) is 5.63. The summed E-state index contributed by atoms with van der Waals surface area (Å²) in [4.78, 5) is 11.9. The number of carbonyl (C=O) groups is 1. The fourth-order valence-corrected chi connectivity index (χ4v) is 2.25. The standard InChI is InChI=1S/C17H18N2O3/c1-12-6-2-3-7-14(12)19-17(20)18-10-13-11-21-15-8-4-5-9-16(15)22-13/h2-9,13H,10-11H2,1H3,(H2,18,19,20). The first-order valence-electron chi connectivity index (χ1n) is 7.21. The highest BCUT2D eigenvalue weighted by Crippen LogP contribution is 2.30. The molecule has 0 radical (unpaired) electrons. The summed E-state index contributed by atoms with van der Waals surface area (Å²) >= 11 is 0. The molecular weight excluding hydrogens is 280 g/mol. The van der Waals surface area contributed by atoms with E-state index in [0.29, 0.717) is 18.9 Å². The van der Waals surface area contributed by atoms with Crippen molar-refractivity contribution in [3.05, 3.63) is 54.1 Å². The third-order valence-corrected chi connectivity index (χ3v) is 3.45. The highest BCUT2D eigenvalue weighted by molar-refractivity contribution is 5.90. The van der Waals surface area contributed by atoms with Gasteiger partial charge in [0.05, 0.1) is 6.54 Å². The van der Waals surface area contributed by atoms with Crippen molar-refractivity contribution in [2.45, 2.75) is 13.0 Å². The molecule has 0 bridgehead atoms. The summed E-state index contributed by atoms with van der Waals surface area (Å²) in [5.41, 5.74) is 1.81. The molecule has 5 nitrogen and oxygen atoms in total. The number of rotatable bonds is 3. The van der Waals surface area contributed by atoms with Crippen LogP contribution in [-0.2, 0) is 0 Å². The summed E-state index contributed by atoms with van der Waals surface area (Å²) in [6.45, 7) is 2.75. The number of aryl methyl sites for hydroxylation is 1. The van der Waals surface area contributed by atoms with Crippen molar-refractivity contribution < 1.29 is 14.3 Å². The molecule has 2 aromatic rings. The van der Waals surface area contributed by atoms with E-state index in [1.54, 1.807) is 0 Å². The number of nitrogens with one attached hydrogen (secondary N) is 2. The van der Waals surface area contributed by atoms with Crippen molar-refractivity contribution in [3.8, 4) is 11.5 Å². The maximum atomic E-state index is 11.9. The molecule has 1 atom stereocenters.